The van der Waals surface area contributed by atoms with Crippen molar-refractivity contribution in [3.05, 3.63) is 130 Å². The molecule has 75 heavy (non-hydrogen) atoms. The molecule has 1 unspecified atom stereocenters. The molecule has 9 rings (SSSR count). The van der Waals surface area contributed by atoms with E-state index in [0.717, 1.165) is 72.1 Å². The summed E-state index contributed by atoms with van der Waals surface area (Å²) in [7, 11) is 1.66. The van der Waals surface area contributed by atoms with E-state index in [4.69, 9.17) is 4.74 Å². The van der Waals surface area contributed by atoms with E-state index in [1.807, 2.05) is 51.1 Å². The van der Waals surface area contributed by atoms with Gasteiger partial charge in [0.05, 0.1) is 7.11 Å². The molecule has 0 bridgehead atoms. The predicted molar refractivity (Wildman–Crippen MR) is 306 cm³/mol. The van der Waals surface area contributed by atoms with Crippen LogP contribution in [0, 0.1) is 90.3 Å². The maximum atomic E-state index is 13.6. The number of allylic oxidation sites excluding steroid dienone is 6. The van der Waals surface area contributed by atoms with Crippen LogP contribution < -0.4 is 4.74 Å². The first kappa shape index (κ1) is 61.8. The van der Waals surface area contributed by atoms with Crippen molar-refractivity contribution in [2.24, 2.45) is 62.1 Å². The summed E-state index contributed by atoms with van der Waals surface area (Å²) >= 11 is 0. The van der Waals surface area contributed by atoms with Gasteiger partial charge in [-0.3, -0.25) is 14.4 Å². The molecule has 0 radical (unpaired) electrons. The summed E-state index contributed by atoms with van der Waals surface area (Å²) in [4.78, 5) is 40.5. The molecular weight excluding hydrogens is 1100 g/mol. The van der Waals surface area contributed by atoms with E-state index in [9.17, 15) is 24.6 Å². The van der Waals surface area contributed by atoms with Crippen LogP contribution in [0.15, 0.2) is 89.0 Å². The third-order valence-electron chi connectivity index (χ3n) is 20.2. The minimum Gasteiger partial charge on any atom is -0.508 e. The second-order valence-corrected chi connectivity index (χ2v) is 27.0. The van der Waals surface area contributed by atoms with Crippen molar-refractivity contribution >= 4 is 17.3 Å². The number of methoxy groups -OCH3 is 1. The van der Waals surface area contributed by atoms with Crippen molar-refractivity contribution in [2.45, 2.75) is 187 Å². The fourth-order valence-corrected chi connectivity index (χ4v) is 16.9. The van der Waals surface area contributed by atoms with Crippen LogP contribution in [-0.4, -0.2) is 34.7 Å². The summed E-state index contributed by atoms with van der Waals surface area (Å²) < 4.78 is 5.40. The number of phenols is 2. The number of fused-ring (bicyclic) bond motifs is 3. The molecule has 0 aliphatic heterocycles. The molecule has 3 saturated carbocycles. The van der Waals surface area contributed by atoms with Gasteiger partial charge < -0.3 is 22.4 Å². The molecule has 3 aromatic rings. The second kappa shape index (κ2) is 23.1. The van der Waals surface area contributed by atoms with E-state index in [1.165, 1.54) is 61.7 Å². The molecule has 3 aromatic carbocycles. The van der Waals surface area contributed by atoms with E-state index in [2.05, 4.69) is 95.2 Å². The third-order valence-corrected chi connectivity index (χ3v) is 20.2. The molecule has 0 saturated heterocycles. The first-order chi connectivity index (χ1) is 34.0. The number of carbonyl (C=O) groups excluding carboxylic acids is 3. The van der Waals surface area contributed by atoms with E-state index >= 15 is 0 Å². The molecule has 0 heterocycles. The zero-order chi connectivity index (χ0) is 53.8. The summed E-state index contributed by atoms with van der Waals surface area (Å²) in [5, 5.41) is 19.8. The summed E-state index contributed by atoms with van der Waals surface area (Å²) in [5.74, 6) is 3.26. The maximum Gasteiger partial charge on any atom is 0.189 e. The van der Waals surface area contributed by atoms with Gasteiger partial charge in [0, 0.05) is 55.2 Å². The molecule has 6 nitrogen and oxygen atoms in total. The Morgan fingerprint density at radius 3 is 1.37 bits per heavy atom. The van der Waals surface area contributed by atoms with Crippen molar-refractivity contribution < 1.29 is 50.4 Å². The molecule has 3 fully saturated rings. The Kier molecular flexibility index (Phi) is 19.1. The van der Waals surface area contributed by atoms with Crippen LogP contribution in [0.4, 0.5) is 0 Å². The van der Waals surface area contributed by atoms with Crippen molar-refractivity contribution in [1.82, 2.24) is 0 Å². The minimum absolute atomic E-state index is 0. The molecule has 0 spiro atoms. The van der Waals surface area contributed by atoms with Gasteiger partial charge in [-0.2, -0.15) is 0 Å². The number of Topliss-reactive ketones (excluding diaryl/α,β-unsaturated/α-hetero) is 3. The largest absolute Gasteiger partial charge is 0.508 e. The summed E-state index contributed by atoms with van der Waals surface area (Å²) in [6.07, 6.45) is 19.7. The fourth-order valence-electron chi connectivity index (χ4n) is 16.9. The van der Waals surface area contributed by atoms with Gasteiger partial charge in [0.15, 0.2) is 17.3 Å². The Hall–Kier alpha value is -4.02. The number of hydrogen-bond acceptors (Lipinski definition) is 6. The van der Waals surface area contributed by atoms with Gasteiger partial charge in [0.25, 0.3) is 0 Å². The van der Waals surface area contributed by atoms with E-state index in [-0.39, 0.29) is 96.3 Å². The van der Waals surface area contributed by atoms with Gasteiger partial charge >= 0.3 is 0 Å². The van der Waals surface area contributed by atoms with Gasteiger partial charge in [-0.25, -0.2) is 0 Å². The number of hydrogen-bond donors (Lipinski definition) is 2. The number of aromatic hydroxyl groups is 2. The monoisotopic (exact) mass is 1190 g/mol. The third kappa shape index (κ3) is 12.2. The average molecular weight is 1190 g/mol. The number of ether oxygens (including phenoxy) is 1. The zero-order valence-electron chi connectivity index (χ0n) is 49.4. The van der Waals surface area contributed by atoms with Crippen LogP contribution in [0.1, 0.15) is 214 Å². The van der Waals surface area contributed by atoms with Crippen LogP contribution in [0.25, 0.3) is 0 Å². The van der Waals surface area contributed by atoms with Crippen molar-refractivity contribution in [1.29, 1.82) is 0 Å². The molecule has 0 amide bonds. The van der Waals surface area contributed by atoms with E-state index in [1.54, 1.807) is 31.4 Å². The average Bonchev–Trinajstić information content (AvgIpc) is 3.27. The van der Waals surface area contributed by atoms with Gasteiger partial charge in [0.1, 0.15) is 17.2 Å². The Morgan fingerprint density at radius 2 is 0.920 bits per heavy atom. The van der Waals surface area contributed by atoms with Crippen molar-refractivity contribution in [2.75, 3.05) is 7.11 Å². The molecular formula is C68H95O6W-. The normalized spacial score (nSPS) is 29.9. The molecule has 6 aliphatic carbocycles. The number of ketones is 3. The second-order valence-electron chi connectivity index (χ2n) is 27.0. The molecule has 6 aliphatic rings. The minimum atomic E-state index is -0.0722. The standard InChI is InChI=1S/C23H32O2.2C22H30O2.CH3.W/c1-15-12-17(14-18(13-15)25-6)21(24)20-16(2)8-9-19-22(3,4)10-7-11-23(19,20)5;2*1-14-11-16(13-17(23)12-14)20(24)19-15(2)7-8-18-21(3,4)9-6-10-22(18,19)5;;/h8,12-14,19-20H,7,9-11H2,1-6H3;11-13,18,23H,6-10H2,1-5H3;7,11-13,18-19,23H,6,8-10H2,1-5H3;1H3;/q;;;-1;/t19-,20+,23-;18-,22-;18-,19?,22-;;/m000../s1. The predicted octanol–water partition coefficient (Wildman–Crippen LogP) is 17.9. The number of benzene rings is 3. The van der Waals surface area contributed by atoms with Gasteiger partial charge in [-0.15, -0.1) is 0 Å². The number of carbonyl (C=O) groups is 3. The molecule has 8 atom stereocenters. The maximum absolute atomic E-state index is 13.6. The van der Waals surface area contributed by atoms with Crippen LogP contribution in [0.2, 0.25) is 0 Å². The first-order valence-corrected chi connectivity index (χ1v) is 27.9. The van der Waals surface area contributed by atoms with Crippen LogP contribution in [0.5, 0.6) is 17.2 Å². The molecule has 7 heteroatoms. The van der Waals surface area contributed by atoms with Crippen LogP contribution in [-0.2, 0) is 21.1 Å². The number of rotatable bonds is 7. The van der Waals surface area contributed by atoms with Gasteiger partial charge in [-0.05, 0) is 227 Å². The molecule has 2 N–H and O–H groups in total. The van der Waals surface area contributed by atoms with Crippen molar-refractivity contribution in [3.8, 4) is 17.2 Å². The van der Waals surface area contributed by atoms with Gasteiger partial charge in [0.2, 0.25) is 0 Å². The Labute approximate surface area is 468 Å². The quantitative estimate of drug-likeness (QED) is 0.139. The fraction of sp³-hybridized carbons (Fsp3) is 0.588. The molecule has 410 valence electrons. The number of phenolic OH excluding ortho intramolecular Hbond substituents is 2. The van der Waals surface area contributed by atoms with Gasteiger partial charge in [-0.1, -0.05) is 110 Å². The van der Waals surface area contributed by atoms with Crippen LogP contribution >= 0.6 is 0 Å². The van der Waals surface area contributed by atoms with Crippen LogP contribution in [0.3, 0.4) is 0 Å². The summed E-state index contributed by atoms with van der Waals surface area (Å²) in [6.45, 7) is 33.5. The Balaban J connectivity index is 0.000000205. The molecule has 0 aromatic heterocycles. The smallest absolute Gasteiger partial charge is 0.189 e. The van der Waals surface area contributed by atoms with E-state index in [0.29, 0.717) is 34.3 Å². The SMILES string of the molecule is CC1=C(C(=O)c2cc(C)cc(O)c2)[C@@]2(C)CCCC(C)(C)[C@@H]2CC1.CC1=CC[C@H]2C(C)(C)CCC[C@]2(C)C1C(=O)c1cc(C)cc(O)c1.COc1cc(C)cc(C(=O)[C@H]2C(C)=CC[C@H]3C(C)(C)CCC[C@]23C)c1.[CH3-].[W]. The summed E-state index contributed by atoms with van der Waals surface area (Å²) in [6, 6.07) is 16.4. The topological polar surface area (TPSA) is 101 Å². The van der Waals surface area contributed by atoms with Crippen molar-refractivity contribution in [3.63, 3.8) is 0 Å². The zero-order valence-corrected chi connectivity index (χ0v) is 52.3. The first-order valence-electron chi connectivity index (χ1n) is 27.9. The van der Waals surface area contributed by atoms with E-state index < -0.39 is 0 Å². The Morgan fingerprint density at radius 1 is 0.520 bits per heavy atom. The number of aryl methyl sites for hydroxylation is 3. The Bertz CT molecular complexity index is 2660. The summed E-state index contributed by atoms with van der Waals surface area (Å²) in [5.41, 5.74) is 10.6.